The van der Waals surface area contributed by atoms with Crippen LogP contribution in [0.2, 0.25) is 0 Å². The number of ether oxygens (including phenoxy) is 2. The Morgan fingerprint density at radius 1 is 1.07 bits per heavy atom. The van der Waals surface area contributed by atoms with E-state index in [4.69, 9.17) is 9.47 Å². The standard InChI is InChI=1S/C22H23F3O2/c1-3-5-14-6-10-19(27-13-14)15-7-8-16(18(23)12-15)17-9-11-20(26-4-2)22(25)21(17)24/h3,5,7-9,11-12,14,19H,4,6,10,13H2,1-2H3/b5-3+. The summed E-state index contributed by atoms with van der Waals surface area (Å²) in [5.74, 6) is -2.62. The van der Waals surface area contributed by atoms with Crippen LogP contribution >= 0.6 is 0 Å². The Labute approximate surface area is 157 Å². The second-order valence-corrected chi connectivity index (χ2v) is 6.60. The first-order valence-electron chi connectivity index (χ1n) is 9.20. The number of halogens is 3. The normalized spacial score (nSPS) is 20.2. The largest absolute Gasteiger partial charge is 0.491 e. The van der Waals surface area contributed by atoms with Crippen LogP contribution in [0.25, 0.3) is 11.1 Å². The molecule has 0 N–H and O–H groups in total. The maximum absolute atomic E-state index is 14.7. The fourth-order valence-electron chi connectivity index (χ4n) is 3.42. The van der Waals surface area contributed by atoms with E-state index in [0.29, 0.717) is 18.1 Å². The maximum atomic E-state index is 14.7. The van der Waals surface area contributed by atoms with Crippen LogP contribution in [0.4, 0.5) is 13.2 Å². The molecule has 1 fully saturated rings. The van der Waals surface area contributed by atoms with Gasteiger partial charge in [0.2, 0.25) is 5.82 Å². The molecule has 1 heterocycles. The lowest BCUT2D eigenvalue weighted by Crippen LogP contribution is -2.19. The fraction of sp³-hybridized carbons (Fsp3) is 0.364. The van der Waals surface area contributed by atoms with Gasteiger partial charge in [-0.15, -0.1) is 0 Å². The van der Waals surface area contributed by atoms with Crippen LogP contribution in [-0.4, -0.2) is 13.2 Å². The van der Waals surface area contributed by atoms with E-state index >= 15 is 0 Å². The van der Waals surface area contributed by atoms with Crippen molar-refractivity contribution in [3.05, 3.63) is 65.5 Å². The van der Waals surface area contributed by atoms with Gasteiger partial charge in [-0.3, -0.25) is 0 Å². The van der Waals surface area contributed by atoms with Crippen molar-refractivity contribution in [2.24, 2.45) is 5.92 Å². The van der Waals surface area contributed by atoms with E-state index in [1.165, 1.54) is 24.3 Å². The second kappa shape index (κ2) is 8.61. The Morgan fingerprint density at radius 2 is 1.85 bits per heavy atom. The third-order valence-electron chi connectivity index (χ3n) is 4.78. The van der Waals surface area contributed by atoms with E-state index in [2.05, 4.69) is 6.08 Å². The summed E-state index contributed by atoms with van der Waals surface area (Å²) >= 11 is 0. The van der Waals surface area contributed by atoms with Gasteiger partial charge in [-0.25, -0.2) is 8.78 Å². The van der Waals surface area contributed by atoms with E-state index in [1.54, 1.807) is 13.0 Å². The molecule has 27 heavy (non-hydrogen) atoms. The van der Waals surface area contributed by atoms with Gasteiger partial charge in [-0.05, 0) is 50.5 Å². The minimum atomic E-state index is -1.12. The molecule has 0 bridgehead atoms. The highest BCUT2D eigenvalue weighted by atomic mass is 19.2. The van der Waals surface area contributed by atoms with Crippen molar-refractivity contribution in [1.29, 1.82) is 0 Å². The van der Waals surface area contributed by atoms with Crippen LogP contribution in [-0.2, 0) is 4.74 Å². The average molecular weight is 376 g/mol. The quantitative estimate of drug-likeness (QED) is 0.577. The van der Waals surface area contributed by atoms with Gasteiger partial charge in [0.1, 0.15) is 5.82 Å². The third-order valence-corrected chi connectivity index (χ3v) is 4.78. The Morgan fingerprint density at radius 3 is 2.48 bits per heavy atom. The van der Waals surface area contributed by atoms with Crippen LogP contribution in [0.1, 0.15) is 38.4 Å². The summed E-state index contributed by atoms with van der Waals surface area (Å²) in [6.45, 7) is 4.47. The zero-order valence-electron chi connectivity index (χ0n) is 15.5. The molecule has 0 aromatic heterocycles. The van der Waals surface area contributed by atoms with Crippen molar-refractivity contribution in [3.63, 3.8) is 0 Å². The highest BCUT2D eigenvalue weighted by Crippen LogP contribution is 2.35. The molecular formula is C22H23F3O2. The molecule has 2 aromatic rings. The van der Waals surface area contributed by atoms with Gasteiger partial charge < -0.3 is 9.47 Å². The van der Waals surface area contributed by atoms with Gasteiger partial charge in [0, 0.05) is 17.0 Å². The fourth-order valence-corrected chi connectivity index (χ4v) is 3.42. The molecule has 0 spiro atoms. The van der Waals surface area contributed by atoms with Gasteiger partial charge in [0.15, 0.2) is 11.6 Å². The van der Waals surface area contributed by atoms with Crippen molar-refractivity contribution in [3.8, 4) is 16.9 Å². The predicted molar refractivity (Wildman–Crippen MR) is 99.2 cm³/mol. The van der Waals surface area contributed by atoms with Crippen molar-refractivity contribution < 1.29 is 22.6 Å². The molecule has 2 atom stereocenters. The number of rotatable bonds is 5. The van der Waals surface area contributed by atoms with Gasteiger partial charge in [-0.2, -0.15) is 4.39 Å². The lowest BCUT2D eigenvalue weighted by Gasteiger charge is -2.28. The highest BCUT2D eigenvalue weighted by molar-refractivity contribution is 5.66. The van der Waals surface area contributed by atoms with Crippen molar-refractivity contribution >= 4 is 0 Å². The Balaban J connectivity index is 1.83. The van der Waals surface area contributed by atoms with Crippen LogP contribution in [0, 0.1) is 23.4 Å². The number of hydrogen-bond donors (Lipinski definition) is 0. The Hall–Kier alpha value is -2.27. The topological polar surface area (TPSA) is 18.5 Å². The maximum Gasteiger partial charge on any atom is 0.201 e. The van der Waals surface area contributed by atoms with Crippen molar-refractivity contribution in [2.75, 3.05) is 13.2 Å². The first-order chi connectivity index (χ1) is 13.0. The molecule has 2 unspecified atom stereocenters. The molecule has 144 valence electrons. The molecule has 0 amide bonds. The first-order valence-corrected chi connectivity index (χ1v) is 9.20. The molecule has 3 rings (SSSR count). The summed E-state index contributed by atoms with van der Waals surface area (Å²) in [5, 5.41) is 0. The summed E-state index contributed by atoms with van der Waals surface area (Å²) in [7, 11) is 0. The monoisotopic (exact) mass is 376 g/mol. The van der Waals surface area contributed by atoms with E-state index in [9.17, 15) is 13.2 Å². The molecule has 0 aliphatic carbocycles. The lowest BCUT2D eigenvalue weighted by atomic mass is 9.93. The smallest absolute Gasteiger partial charge is 0.201 e. The minimum Gasteiger partial charge on any atom is -0.491 e. The molecule has 0 saturated carbocycles. The van der Waals surface area contributed by atoms with Gasteiger partial charge in [-0.1, -0.05) is 24.3 Å². The Kier molecular flexibility index (Phi) is 6.22. The lowest BCUT2D eigenvalue weighted by molar-refractivity contribution is -0.00538. The first kappa shape index (κ1) is 19.5. The molecule has 5 heteroatoms. The number of allylic oxidation sites excluding steroid dienone is 1. The SMILES string of the molecule is C/C=C/C1CCC(c2ccc(-c3ccc(OCC)c(F)c3F)c(F)c2)OC1. The van der Waals surface area contributed by atoms with E-state index < -0.39 is 17.5 Å². The number of benzene rings is 2. The molecule has 1 aliphatic heterocycles. The summed E-state index contributed by atoms with van der Waals surface area (Å²) < 4.78 is 54.0. The Bertz CT molecular complexity index is 825. The van der Waals surface area contributed by atoms with Crippen LogP contribution in [0.15, 0.2) is 42.5 Å². The predicted octanol–water partition coefficient (Wildman–Crippen LogP) is 6.21. The zero-order valence-corrected chi connectivity index (χ0v) is 15.5. The zero-order chi connectivity index (χ0) is 19.4. The van der Waals surface area contributed by atoms with Crippen LogP contribution in [0.3, 0.4) is 0 Å². The van der Waals surface area contributed by atoms with Gasteiger partial charge in [0.25, 0.3) is 0 Å². The minimum absolute atomic E-state index is 0.0146. The van der Waals surface area contributed by atoms with E-state index in [-0.39, 0.29) is 29.6 Å². The van der Waals surface area contributed by atoms with E-state index in [1.807, 2.05) is 13.0 Å². The summed E-state index contributed by atoms with van der Waals surface area (Å²) in [5.41, 5.74) is 0.598. The summed E-state index contributed by atoms with van der Waals surface area (Å²) in [6, 6.07) is 7.19. The summed E-state index contributed by atoms with van der Waals surface area (Å²) in [6.07, 6.45) is 5.70. The second-order valence-electron chi connectivity index (χ2n) is 6.60. The average Bonchev–Trinajstić information content (AvgIpc) is 2.67. The van der Waals surface area contributed by atoms with Crippen LogP contribution in [0.5, 0.6) is 5.75 Å². The van der Waals surface area contributed by atoms with Crippen molar-refractivity contribution in [2.45, 2.75) is 32.8 Å². The molecule has 1 saturated heterocycles. The molecule has 1 aliphatic rings. The molecule has 2 aromatic carbocycles. The third kappa shape index (κ3) is 4.19. The summed E-state index contributed by atoms with van der Waals surface area (Å²) in [4.78, 5) is 0. The van der Waals surface area contributed by atoms with Gasteiger partial charge >= 0.3 is 0 Å². The van der Waals surface area contributed by atoms with Gasteiger partial charge in [0.05, 0.1) is 19.3 Å². The molecule has 0 radical (unpaired) electrons. The molecule has 2 nitrogen and oxygen atoms in total. The van der Waals surface area contributed by atoms with E-state index in [0.717, 1.165) is 12.8 Å². The van der Waals surface area contributed by atoms with Crippen molar-refractivity contribution in [1.82, 2.24) is 0 Å². The van der Waals surface area contributed by atoms with Crippen LogP contribution < -0.4 is 4.74 Å². The molecular weight excluding hydrogens is 353 g/mol. The highest BCUT2D eigenvalue weighted by Gasteiger charge is 2.23. The number of hydrogen-bond acceptors (Lipinski definition) is 2.